The van der Waals surface area contributed by atoms with Crippen LogP contribution in [0.15, 0.2) is 0 Å². The second kappa shape index (κ2) is 33.3. The summed E-state index contributed by atoms with van der Waals surface area (Å²) in [4.78, 5) is 37.2. The van der Waals surface area contributed by atoms with Crippen molar-refractivity contribution in [2.45, 2.75) is 214 Å². The van der Waals surface area contributed by atoms with Gasteiger partial charge in [0.1, 0.15) is 13.2 Å². The first-order chi connectivity index (χ1) is 22.3. The van der Waals surface area contributed by atoms with Crippen molar-refractivity contribution in [3.8, 4) is 0 Å². The molecule has 0 aliphatic carbocycles. The molecule has 0 N–H and O–H groups in total. The van der Waals surface area contributed by atoms with Crippen molar-refractivity contribution in [3.63, 3.8) is 0 Å². The lowest BCUT2D eigenvalue weighted by molar-refractivity contribution is -0.167. The van der Waals surface area contributed by atoms with Crippen LogP contribution in [-0.4, -0.2) is 37.2 Å². The number of rotatable bonds is 34. The second-order valence-corrected chi connectivity index (χ2v) is 14.3. The zero-order valence-electron chi connectivity index (χ0n) is 31.2. The van der Waals surface area contributed by atoms with Crippen LogP contribution >= 0.6 is 0 Å². The molecule has 0 radical (unpaired) electrons. The average Bonchev–Trinajstić information content (AvgIpc) is 3.03. The Labute approximate surface area is 285 Å². The number of carbonyl (C=O) groups excluding carboxylic acids is 3. The van der Waals surface area contributed by atoms with E-state index in [1.165, 1.54) is 89.9 Å². The van der Waals surface area contributed by atoms with Gasteiger partial charge in [-0.3, -0.25) is 14.4 Å². The molecule has 0 amide bonds. The zero-order valence-corrected chi connectivity index (χ0v) is 31.2. The normalized spacial score (nSPS) is 12.7. The quantitative estimate of drug-likeness (QED) is 0.0391. The van der Waals surface area contributed by atoms with Crippen molar-refractivity contribution in [2.75, 3.05) is 13.2 Å². The number of hydrogen-bond acceptors (Lipinski definition) is 6. The van der Waals surface area contributed by atoms with E-state index in [1.54, 1.807) is 0 Å². The monoisotopic (exact) mass is 653 g/mol. The van der Waals surface area contributed by atoms with E-state index in [2.05, 4.69) is 34.6 Å². The Kier molecular flexibility index (Phi) is 32.2. The Morgan fingerprint density at radius 2 is 0.826 bits per heavy atom. The third-order valence-corrected chi connectivity index (χ3v) is 9.08. The number of hydrogen-bond donors (Lipinski definition) is 0. The maximum atomic E-state index is 12.6. The summed E-state index contributed by atoms with van der Waals surface area (Å²) in [6.45, 7) is 11.2. The van der Waals surface area contributed by atoms with E-state index >= 15 is 0 Å². The SMILES string of the molecule is CCCCCCCC(=O)OC[C@@H](COC(=O)CCCCCCCCC(C)CC)OC(=O)CCCCCCCCCCCCC(C)C. The van der Waals surface area contributed by atoms with Crippen LogP contribution in [0.1, 0.15) is 208 Å². The van der Waals surface area contributed by atoms with Gasteiger partial charge in [0.05, 0.1) is 0 Å². The molecule has 6 nitrogen and oxygen atoms in total. The van der Waals surface area contributed by atoms with E-state index in [-0.39, 0.29) is 31.1 Å². The Bertz CT molecular complexity index is 706. The second-order valence-electron chi connectivity index (χ2n) is 14.3. The van der Waals surface area contributed by atoms with Crippen LogP contribution in [0.2, 0.25) is 0 Å². The molecule has 0 aromatic heterocycles. The van der Waals surface area contributed by atoms with Crippen LogP contribution in [0.5, 0.6) is 0 Å². The molecular formula is C40H76O6. The van der Waals surface area contributed by atoms with Crippen LogP contribution in [-0.2, 0) is 28.6 Å². The van der Waals surface area contributed by atoms with Crippen molar-refractivity contribution in [1.82, 2.24) is 0 Å². The minimum Gasteiger partial charge on any atom is -0.462 e. The first-order valence-corrected chi connectivity index (χ1v) is 19.8. The third-order valence-electron chi connectivity index (χ3n) is 9.08. The Morgan fingerprint density at radius 3 is 1.24 bits per heavy atom. The predicted octanol–water partition coefficient (Wildman–Crippen LogP) is 11.8. The summed E-state index contributed by atoms with van der Waals surface area (Å²) in [5, 5.41) is 0. The first kappa shape index (κ1) is 44.4. The van der Waals surface area contributed by atoms with Gasteiger partial charge >= 0.3 is 17.9 Å². The fraction of sp³-hybridized carbons (Fsp3) is 0.925. The van der Waals surface area contributed by atoms with Crippen LogP contribution < -0.4 is 0 Å². The van der Waals surface area contributed by atoms with Gasteiger partial charge in [-0.25, -0.2) is 0 Å². The highest BCUT2D eigenvalue weighted by atomic mass is 16.6. The number of ether oxygens (including phenoxy) is 3. The molecule has 0 bridgehead atoms. The van der Waals surface area contributed by atoms with Gasteiger partial charge in [0.2, 0.25) is 0 Å². The smallest absolute Gasteiger partial charge is 0.306 e. The molecule has 0 aliphatic rings. The summed E-state index contributed by atoms with van der Waals surface area (Å²) in [7, 11) is 0. The standard InChI is InChI=1S/C40H76O6/c1-6-8-9-18-25-30-38(41)44-33-37(34-45-39(42)31-26-21-17-16-20-24-29-36(5)7-2)46-40(43)32-27-22-15-13-11-10-12-14-19-23-28-35(3)4/h35-37H,6-34H2,1-5H3/t36?,37-/m0/s1. The molecule has 0 heterocycles. The minimum absolute atomic E-state index is 0.0680. The fourth-order valence-electron chi connectivity index (χ4n) is 5.66. The van der Waals surface area contributed by atoms with Crippen LogP contribution in [0, 0.1) is 11.8 Å². The summed E-state index contributed by atoms with van der Waals surface area (Å²) in [5.74, 6) is 0.748. The molecule has 1 unspecified atom stereocenters. The predicted molar refractivity (Wildman–Crippen MR) is 192 cm³/mol. The molecule has 0 fully saturated rings. The summed E-state index contributed by atoms with van der Waals surface area (Å²) in [5.41, 5.74) is 0. The molecule has 0 spiro atoms. The third kappa shape index (κ3) is 32.4. The summed E-state index contributed by atoms with van der Waals surface area (Å²) in [6.07, 6.45) is 28.3. The van der Waals surface area contributed by atoms with Gasteiger partial charge in [0, 0.05) is 19.3 Å². The van der Waals surface area contributed by atoms with Gasteiger partial charge in [0.25, 0.3) is 0 Å². The lowest BCUT2D eigenvalue weighted by Gasteiger charge is -2.18. The fourth-order valence-corrected chi connectivity index (χ4v) is 5.66. The van der Waals surface area contributed by atoms with Gasteiger partial charge in [-0.1, -0.05) is 169 Å². The highest BCUT2D eigenvalue weighted by molar-refractivity contribution is 5.71. The molecule has 46 heavy (non-hydrogen) atoms. The Hall–Kier alpha value is -1.59. The van der Waals surface area contributed by atoms with Gasteiger partial charge in [0.15, 0.2) is 6.10 Å². The van der Waals surface area contributed by atoms with Crippen LogP contribution in [0.25, 0.3) is 0 Å². The molecule has 6 heteroatoms. The zero-order chi connectivity index (χ0) is 34.1. The molecule has 0 aromatic carbocycles. The van der Waals surface area contributed by atoms with Crippen molar-refractivity contribution in [3.05, 3.63) is 0 Å². The van der Waals surface area contributed by atoms with Crippen molar-refractivity contribution in [2.24, 2.45) is 11.8 Å². The molecular weight excluding hydrogens is 576 g/mol. The highest BCUT2D eigenvalue weighted by Gasteiger charge is 2.19. The van der Waals surface area contributed by atoms with E-state index in [0.29, 0.717) is 19.3 Å². The molecule has 0 aromatic rings. The topological polar surface area (TPSA) is 78.9 Å². The molecule has 2 atom stereocenters. The van der Waals surface area contributed by atoms with E-state index in [1.807, 2.05) is 0 Å². The highest BCUT2D eigenvalue weighted by Crippen LogP contribution is 2.16. The van der Waals surface area contributed by atoms with E-state index in [9.17, 15) is 14.4 Å². The number of carbonyl (C=O) groups is 3. The molecule has 0 saturated carbocycles. The minimum atomic E-state index is -0.758. The van der Waals surface area contributed by atoms with Gasteiger partial charge < -0.3 is 14.2 Å². The Balaban J connectivity index is 4.28. The lowest BCUT2D eigenvalue weighted by atomic mass is 10.00. The molecule has 0 saturated heterocycles. The molecule has 0 rings (SSSR count). The van der Waals surface area contributed by atoms with Crippen molar-refractivity contribution in [1.29, 1.82) is 0 Å². The van der Waals surface area contributed by atoms with Crippen LogP contribution in [0.4, 0.5) is 0 Å². The maximum Gasteiger partial charge on any atom is 0.306 e. The summed E-state index contributed by atoms with van der Waals surface area (Å²) >= 11 is 0. The Morgan fingerprint density at radius 1 is 0.457 bits per heavy atom. The number of unbranched alkanes of at least 4 members (excludes halogenated alkanes) is 18. The van der Waals surface area contributed by atoms with E-state index < -0.39 is 6.10 Å². The maximum absolute atomic E-state index is 12.6. The van der Waals surface area contributed by atoms with Gasteiger partial charge in [-0.05, 0) is 31.1 Å². The summed E-state index contributed by atoms with van der Waals surface area (Å²) in [6, 6.07) is 0. The van der Waals surface area contributed by atoms with Gasteiger partial charge in [-0.2, -0.15) is 0 Å². The van der Waals surface area contributed by atoms with Crippen molar-refractivity contribution < 1.29 is 28.6 Å². The van der Waals surface area contributed by atoms with Crippen LogP contribution in [0.3, 0.4) is 0 Å². The average molecular weight is 653 g/mol. The van der Waals surface area contributed by atoms with Crippen molar-refractivity contribution >= 4 is 17.9 Å². The van der Waals surface area contributed by atoms with E-state index in [4.69, 9.17) is 14.2 Å². The van der Waals surface area contributed by atoms with Gasteiger partial charge in [-0.15, -0.1) is 0 Å². The summed E-state index contributed by atoms with van der Waals surface area (Å²) < 4.78 is 16.5. The number of esters is 3. The van der Waals surface area contributed by atoms with E-state index in [0.717, 1.165) is 76.0 Å². The molecule has 272 valence electrons. The lowest BCUT2D eigenvalue weighted by Crippen LogP contribution is -2.30. The first-order valence-electron chi connectivity index (χ1n) is 19.8. The molecule has 0 aliphatic heterocycles. The largest absolute Gasteiger partial charge is 0.462 e.